The molecule has 0 bridgehead atoms. The highest BCUT2D eigenvalue weighted by atomic mass is 32.2. The summed E-state index contributed by atoms with van der Waals surface area (Å²) < 4.78 is 26.5. The van der Waals surface area contributed by atoms with Crippen molar-refractivity contribution in [3.8, 4) is 0 Å². The van der Waals surface area contributed by atoms with Crippen LogP contribution in [0.5, 0.6) is 0 Å². The summed E-state index contributed by atoms with van der Waals surface area (Å²) in [4.78, 5) is 49.1. The number of carbonyl (C=O) groups is 4. The monoisotopic (exact) mass is 660 g/mol. The number of carbonyl (C=O) groups excluding carboxylic acids is 3. The highest BCUT2D eigenvalue weighted by Gasteiger charge is 2.27. The van der Waals surface area contributed by atoms with Crippen LogP contribution in [-0.4, -0.2) is 73.8 Å². The molecular weight excluding hydrogens is 612 g/mol. The Morgan fingerprint density at radius 2 is 1.61 bits per heavy atom. The second-order valence-corrected chi connectivity index (χ2v) is 14.0. The number of rotatable bonds is 19. The van der Waals surface area contributed by atoms with Crippen LogP contribution < -0.4 is 20.3 Å². The Bertz CT molecular complexity index is 1430. The summed E-state index contributed by atoms with van der Waals surface area (Å²) in [6.07, 6.45) is 0.785. The molecular formula is C33H48N4O8S. The van der Waals surface area contributed by atoms with E-state index in [9.17, 15) is 32.7 Å². The fourth-order valence-corrected chi connectivity index (χ4v) is 6.06. The number of unbranched alkanes of at least 4 members (excludes halogenated alkanes) is 1. The SMILES string of the molecule is CCCCS(=O)(=O)N(C)c1cccc(C(=O)N[C@@H](CC(C)C)[C@@H](O)C[C@@H](C)C(=O)NCCC(=O)NCc2ccc(C(=O)O)cc2)c1. The largest absolute Gasteiger partial charge is 0.478 e. The second kappa shape index (κ2) is 18.2. The Morgan fingerprint density at radius 1 is 0.935 bits per heavy atom. The van der Waals surface area contributed by atoms with E-state index in [2.05, 4.69) is 16.0 Å². The lowest BCUT2D eigenvalue weighted by atomic mass is 9.92. The fraction of sp³-hybridized carbons (Fsp3) is 0.515. The van der Waals surface area contributed by atoms with Crippen molar-refractivity contribution in [1.29, 1.82) is 0 Å². The van der Waals surface area contributed by atoms with Crippen LogP contribution in [-0.2, 0) is 26.2 Å². The third-order valence-corrected chi connectivity index (χ3v) is 9.39. The zero-order valence-electron chi connectivity index (χ0n) is 27.3. The molecule has 0 spiro atoms. The highest BCUT2D eigenvalue weighted by molar-refractivity contribution is 7.92. The van der Waals surface area contributed by atoms with Crippen LogP contribution in [0.25, 0.3) is 0 Å². The van der Waals surface area contributed by atoms with Gasteiger partial charge in [0.25, 0.3) is 5.91 Å². The molecule has 254 valence electrons. The molecule has 0 saturated heterocycles. The molecule has 0 unspecified atom stereocenters. The molecule has 2 aromatic rings. The predicted molar refractivity (Wildman–Crippen MR) is 177 cm³/mol. The van der Waals surface area contributed by atoms with Gasteiger partial charge in [0.15, 0.2) is 0 Å². The van der Waals surface area contributed by atoms with Gasteiger partial charge in [0.05, 0.1) is 29.1 Å². The first-order valence-corrected chi connectivity index (χ1v) is 17.2. The van der Waals surface area contributed by atoms with Gasteiger partial charge in [0.1, 0.15) is 0 Å². The number of aromatic carboxylic acids is 1. The molecule has 2 aromatic carbocycles. The summed E-state index contributed by atoms with van der Waals surface area (Å²) in [7, 11) is -2.08. The molecule has 3 amide bonds. The number of nitrogens with zero attached hydrogens (tertiary/aromatic N) is 1. The molecule has 5 N–H and O–H groups in total. The standard InChI is InChI=1S/C33H48N4O8S/c1-6-7-17-46(44,45)37(5)27-10-8-9-26(20-27)32(41)36-28(18-22(2)3)29(38)19-23(4)31(40)34-16-15-30(39)35-21-24-11-13-25(14-12-24)33(42)43/h8-14,20,22-23,28-29,38H,6-7,15-19,21H2,1-5H3,(H,34,40)(H,35,39)(H,36,41)(H,42,43)/t23-,28+,29+/m1/s1. The van der Waals surface area contributed by atoms with E-state index >= 15 is 0 Å². The van der Waals surface area contributed by atoms with Crippen molar-refractivity contribution in [2.75, 3.05) is 23.7 Å². The predicted octanol–water partition coefficient (Wildman–Crippen LogP) is 3.31. The van der Waals surface area contributed by atoms with Crippen LogP contribution in [0.1, 0.15) is 86.1 Å². The van der Waals surface area contributed by atoms with Crippen LogP contribution in [0.3, 0.4) is 0 Å². The Kier molecular flexibility index (Phi) is 15.2. The van der Waals surface area contributed by atoms with Crippen molar-refractivity contribution in [3.63, 3.8) is 0 Å². The van der Waals surface area contributed by atoms with Gasteiger partial charge in [-0.3, -0.25) is 18.7 Å². The maximum atomic E-state index is 13.2. The van der Waals surface area contributed by atoms with Crippen LogP contribution in [0.4, 0.5) is 5.69 Å². The molecule has 2 rings (SSSR count). The number of hydrogen-bond acceptors (Lipinski definition) is 7. The fourth-order valence-electron chi connectivity index (χ4n) is 4.70. The minimum atomic E-state index is -3.54. The molecule has 0 aliphatic rings. The van der Waals surface area contributed by atoms with Gasteiger partial charge in [-0.25, -0.2) is 13.2 Å². The van der Waals surface area contributed by atoms with Crippen molar-refractivity contribution in [1.82, 2.24) is 16.0 Å². The van der Waals surface area contributed by atoms with E-state index in [1.54, 1.807) is 37.3 Å². The lowest BCUT2D eigenvalue weighted by molar-refractivity contribution is -0.126. The van der Waals surface area contributed by atoms with E-state index in [4.69, 9.17) is 5.11 Å². The summed E-state index contributed by atoms with van der Waals surface area (Å²) >= 11 is 0. The number of carboxylic acid groups (broad SMARTS) is 1. The molecule has 0 aromatic heterocycles. The van der Waals surface area contributed by atoms with Crippen LogP contribution in [0.15, 0.2) is 48.5 Å². The van der Waals surface area contributed by atoms with Gasteiger partial charge in [0.2, 0.25) is 21.8 Å². The smallest absolute Gasteiger partial charge is 0.335 e. The second-order valence-electron chi connectivity index (χ2n) is 11.9. The average Bonchev–Trinajstić information content (AvgIpc) is 3.01. The Labute approximate surface area is 272 Å². The molecule has 0 saturated carbocycles. The van der Waals surface area contributed by atoms with Gasteiger partial charge in [0, 0.05) is 38.0 Å². The summed E-state index contributed by atoms with van der Waals surface area (Å²) in [5.74, 6) is -2.61. The first kappa shape index (κ1) is 38.2. The molecule has 0 aliphatic heterocycles. The Morgan fingerprint density at radius 3 is 2.22 bits per heavy atom. The topological polar surface area (TPSA) is 182 Å². The molecule has 0 fully saturated rings. The molecule has 46 heavy (non-hydrogen) atoms. The molecule has 13 heteroatoms. The summed E-state index contributed by atoms with van der Waals surface area (Å²) in [5.41, 5.74) is 1.50. The van der Waals surface area contributed by atoms with Crippen molar-refractivity contribution >= 4 is 39.4 Å². The van der Waals surface area contributed by atoms with E-state index in [-0.39, 0.29) is 60.5 Å². The number of aliphatic hydroxyl groups is 1. The van der Waals surface area contributed by atoms with Gasteiger partial charge < -0.3 is 26.2 Å². The number of hydrogen-bond donors (Lipinski definition) is 5. The lowest BCUT2D eigenvalue weighted by Crippen LogP contribution is -2.46. The maximum absolute atomic E-state index is 13.2. The minimum Gasteiger partial charge on any atom is -0.478 e. The number of benzene rings is 2. The molecule has 3 atom stereocenters. The molecule has 0 radical (unpaired) electrons. The molecule has 12 nitrogen and oxygen atoms in total. The van der Waals surface area contributed by atoms with Crippen molar-refractivity contribution in [2.24, 2.45) is 11.8 Å². The molecule has 0 aliphatic carbocycles. The van der Waals surface area contributed by atoms with Crippen molar-refractivity contribution < 1.29 is 37.8 Å². The lowest BCUT2D eigenvalue weighted by Gasteiger charge is -2.28. The van der Waals surface area contributed by atoms with Crippen LogP contribution in [0.2, 0.25) is 0 Å². The number of anilines is 1. The maximum Gasteiger partial charge on any atom is 0.335 e. The van der Waals surface area contributed by atoms with Crippen LogP contribution >= 0.6 is 0 Å². The van der Waals surface area contributed by atoms with E-state index in [0.29, 0.717) is 18.5 Å². The van der Waals surface area contributed by atoms with Crippen molar-refractivity contribution in [2.45, 2.75) is 78.5 Å². The normalized spacial score (nSPS) is 13.4. The third kappa shape index (κ3) is 12.4. The highest BCUT2D eigenvalue weighted by Crippen LogP contribution is 2.21. The summed E-state index contributed by atoms with van der Waals surface area (Å²) in [6, 6.07) is 11.8. The van der Waals surface area contributed by atoms with E-state index in [1.807, 2.05) is 20.8 Å². The number of sulfonamides is 1. The van der Waals surface area contributed by atoms with Crippen LogP contribution in [0, 0.1) is 11.8 Å². The first-order valence-electron chi connectivity index (χ1n) is 15.6. The zero-order valence-corrected chi connectivity index (χ0v) is 28.1. The van der Waals surface area contributed by atoms with E-state index in [1.165, 1.54) is 29.6 Å². The van der Waals surface area contributed by atoms with Crippen molar-refractivity contribution in [3.05, 3.63) is 65.2 Å². The number of nitrogens with one attached hydrogen (secondary N) is 3. The Balaban J connectivity index is 1.91. The summed E-state index contributed by atoms with van der Waals surface area (Å²) in [5, 5.41) is 28.3. The quantitative estimate of drug-likeness (QED) is 0.152. The van der Waals surface area contributed by atoms with Gasteiger partial charge in [-0.05, 0) is 61.1 Å². The van der Waals surface area contributed by atoms with Gasteiger partial charge in [-0.15, -0.1) is 0 Å². The minimum absolute atomic E-state index is 0.00448. The van der Waals surface area contributed by atoms with E-state index in [0.717, 1.165) is 12.0 Å². The molecule has 0 heterocycles. The van der Waals surface area contributed by atoms with Gasteiger partial charge >= 0.3 is 5.97 Å². The number of aliphatic hydroxyl groups excluding tert-OH is 1. The Hall–Kier alpha value is -3.97. The summed E-state index contributed by atoms with van der Waals surface area (Å²) in [6.45, 7) is 7.79. The third-order valence-electron chi connectivity index (χ3n) is 7.54. The first-order chi connectivity index (χ1) is 21.6. The average molecular weight is 661 g/mol. The van der Waals surface area contributed by atoms with Gasteiger partial charge in [-0.1, -0.05) is 52.3 Å². The van der Waals surface area contributed by atoms with E-state index < -0.39 is 40.0 Å². The number of amides is 3. The zero-order chi connectivity index (χ0) is 34.4. The van der Waals surface area contributed by atoms with Gasteiger partial charge in [-0.2, -0.15) is 0 Å². The number of carboxylic acids is 1.